The summed E-state index contributed by atoms with van der Waals surface area (Å²) < 4.78 is 0. The zero-order chi connectivity index (χ0) is 10.1. The smallest absolute Gasteiger partial charge is 0.149 e. The Labute approximate surface area is 84.9 Å². The monoisotopic (exact) mass is 191 g/mol. The highest BCUT2D eigenvalue weighted by molar-refractivity contribution is 5.65. The second-order valence-electron chi connectivity index (χ2n) is 4.14. The maximum atomic E-state index is 4.48. The summed E-state index contributed by atoms with van der Waals surface area (Å²) in [6, 6.07) is 4.60. The van der Waals surface area contributed by atoms with Crippen molar-refractivity contribution in [1.29, 1.82) is 0 Å². The van der Waals surface area contributed by atoms with Crippen molar-refractivity contribution in [2.45, 2.75) is 26.8 Å². The Kier molecular flexibility index (Phi) is 2.32. The van der Waals surface area contributed by atoms with E-state index in [-0.39, 0.29) is 0 Å². The Bertz CT molecular complexity index is 335. The quantitative estimate of drug-likeness (QED) is 0.660. The molecule has 0 radical (unpaired) electrons. The van der Waals surface area contributed by atoms with E-state index < -0.39 is 0 Å². The van der Waals surface area contributed by atoms with E-state index in [2.05, 4.69) is 35.5 Å². The van der Waals surface area contributed by atoms with Gasteiger partial charge in [0.1, 0.15) is 5.82 Å². The van der Waals surface area contributed by atoms with Crippen LogP contribution in [0.1, 0.15) is 19.5 Å². The fourth-order valence-electron chi connectivity index (χ4n) is 1.62. The van der Waals surface area contributed by atoms with Crippen molar-refractivity contribution in [1.82, 2.24) is 4.98 Å². The molecule has 1 aliphatic rings. The van der Waals surface area contributed by atoms with Crippen molar-refractivity contribution in [2.24, 2.45) is 5.92 Å². The molecular formula is C11H17N3. The molecule has 2 N–H and O–H groups in total. The Balaban J connectivity index is 2.33. The van der Waals surface area contributed by atoms with Crippen LogP contribution in [0.25, 0.3) is 0 Å². The van der Waals surface area contributed by atoms with Gasteiger partial charge in [-0.3, -0.25) is 0 Å². The van der Waals surface area contributed by atoms with Crippen LogP contribution in [-0.2, 0) is 0 Å². The molecule has 0 amide bonds. The highest BCUT2D eigenvalue weighted by Crippen LogP contribution is 2.25. The van der Waals surface area contributed by atoms with Crippen LogP contribution >= 0.6 is 0 Å². The van der Waals surface area contributed by atoms with Gasteiger partial charge >= 0.3 is 0 Å². The maximum absolute atomic E-state index is 4.48. The minimum atomic E-state index is 0.470. The fraction of sp³-hybridized carbons (Fsp3) is 0.545. The Morgan fingerprint density at radius 3 is 2.93 bits per heavy atom. The maximum Gasteiger partial charge on any atom is 0.149 e. The zero-order valence-electron chi connectivity index (χ0n) is 8.96. The summed E-state index contributed by atoms with van der Waals surface area (Å²) in [7, 11) is 0. The van der Waals surface area contributed by atoms with Gasteiger partial charge in [0.05, 0.1) is 5.69 Å². The number of pyridine rings is 1. The number of aromatic nitrogens is 1. The summed E-state index contributed by atoms with van der Waals surface area (Å²) in [6.45, 7) is 7.46. The lowest BCUT2D eigenvalue weighted by Crippen LogP contribution is -2.25. The SMILES string of the molecule is Cc1ccc2c(n1)NC(C)C(C)CN2. The molecule has 2 heterocycles. The lowest BCUT2D eigenvalue weighted by Gasteiger charge is -2.17. The van der Waals surface area contributed by atoms with Crippen LogP contribution in [-0.4, -0.2) is 17.6 Å². The highest BCUT2D eigenvalue weighted by atomic mass is 15.1. The number of hydrogen-bond acceptors (Lipinski definition) is 3. The van der Waals surface area contributed by atoms with E-state index in [0.29, 0.717) is 12.0 Å². The third-order valence-corrected chi connectivity index (χ3v) is 2.87. The van der Waals surface area contributed by atoms with E-state index in [1.807, 2.05) is 13.0 Å². The normalized spacial score (nSPS) is 25.6. The minimum absolute atomic E-state index is 0.470. The van der Waals surface area contributed by atoms with Gasteiger partial charge in [0.25, 0.3) is 0 Å². The van der Waals surface area contributed by atoms with Gasteiger partial charge in [-0.05, 0) is 31.9 Å². The molecule has 0 spiro atoms. The molecule has 0 bridgehead atoms. The second-order valence-corrected chi connectivity index (χ2v) is 4.14. The molecule has 2 rings (SSSR count). The van der Waals surface area contributed by atoms with E-state index in [4.69, 9.17) is 0 Å². The third kappa shape index (κ3) is 1.67. The molecule has 1 aliphatic heterocycles. The van der Waals surface area contributed by atoms with Gasteiger partial charge in [0.2, 0.25) is 0 Å². The van der Waals surface area contributed by atoms with Crippen LogP contribution in [0, 0.1) is 12.8 Å². The molecule has 14 heavy (non-hydrogen) atoms. The lowest BCUT2D eigenvalue weighted by molar-refractivity contribution is 0.541. The van der Waals surface area contributed by atoms with E-state index in [1.54, 1.807) is 0 Å². The van der Waals surface area contributed by atoms with Crippen LogP contribution in [0.3, 0.4) is 0 Å². The molecule has 2 atom stereocenters. The summed E-state index contributed by atoms with van der Waals surface area (Å²) >= 11 is 0. The average Bonchev–Trinajstić information content (AvgIpc) is 2.27. The molecule has 0 saturated carbocycles. The van der Waals surface area contributed by atoms with Crippen LogP contribution in [0.5, 0.6) is 0 Å². The largest absolute Gasteiger partial charge is 0.382 e. The van der Waals surface area contributed by atoms with Crippen molar-refractivity contribution in [3.05, 3.63) is 17.8 Å². The van der Waals surface area contributed by atoms with Gasteiger partial charge in [0.15, 0.2) is 0 Å². The number of nitrogens with zero attached hydrogens (tertiary/aromatic N) is 1. The van der Waals surface area contributed by atoms with Crippen molar-refractivity contribution in [2.75, 3.05) is 17.2 Å². The number of hydrogen-bond donors (Lipinski definition) is 2. The van der Waals surface area contributed by atoms with Gasteiger partial charge in [-0.1, -0.05) is 6.92 Å². The van der Waals surface area contributed by atoms with Crippen LogP contribution in [0.2, 0.25) is 0 Å². The number of nitrogens with one attached hydrogen (secondary N) is 2. The average molecular weight is 191 g/mol. The Morgan fingerprint density at radius 1 is 1.36 bits per heavy atom. The summed E-state index contributed by atoms with van der Waals surface area (Å²) in [5.74, 6) is 1.60. The van der Waals surface area contributed by atoms with Crippen LogP contribution < -0.4 is 10.6 Å². The zero-order valence-corrected chi connectivity index (χ0v) is 8.96. The minimum Gasteiger partial charge on any atom is -0.382 e. The van der Waals surface area contributed by atoms with Crippen molar-refractivity contribution >= 4 is 11.5 Å². The standard InChI is InChI=1S/C11H17N3/c1-7-6-12-10-5-4-8(2)13-11(10)14-9(7)3/h4-5,7,9,12H,6H2,1-3H3,(H,13,14). The summed E-state index contributed by atoms with van der Waals surface area (Å²) in [4.78, 5) is 4.48. The van der Waals surface area contributed by atoms with Crippen molar-refractivity contribution in [3.63, 3.8) is 0 Å². The van der Waals surface area contributed by atoms with Gasteiger partial charge in [0, 0.05) is 18.3 Å². The molecule has 0 fully saturated rings. The van der Waals surface area contributed by atoms with Gasteiger partial charge in [-0.15, -0.1) is 0 Å². The first-order chi connectivity index (χ1) is 6.66. The first-order valence-corrected chi connectivity index (χ1v) is 5.15. The fourth-order valence-corrected chi connectivity index (χ4v) is 1.62. The van der Waals surface area contributed by atoms with Crippen molar-refractivity contribution < 1.29 is 0 Å². The van der Waals surface area contributed by atoms with E-state index in [0.717, 1.165) is 23.7 Å². The predicted octanol–water partition coefficient (Wildman–Crippen LogP) is 2.25. The third-order valence-electron chi connectivity index (χ3n) is 2.87. The molecule has 0 aromatic carbocycles. The van der Waals surface area contributed by atoms with E-state index >= 15 is 0 Å². The molecule has 1 aromatic rings. The molecular weight excluding hydrogens is 174 g/mol. The molecule has 76 valence electrons. The number of rotatable bonds is 0. The predicted molar refractivity (Wildman–Crippen MR) is 59.7 cm³/mol. The number of aryl methyl sites for hydroxylation is 1. The molecule has 1 aromatic heterocycles. The first-order valence-electron chi connectivity index (χ1n) is 5.15. The highest BCUT2D eigenvalue weighted by Gasteiger charge is 2.18. The molecule has 3 nitrogen and oxygen atoms in total. The second kappa shape index (κ2) is 3.48. The van der Waals surface area contributed by atoms with Gasteiger partial charge < -0.3 is 10.6 Å². The number of anilines is 2. The van der Waals surface area contributed by atoms with Crippen LogP contribution in [0.4, 0.5) is 11.5 Å². The Morgan fingerprint density at radius 2 is 2.14 bits per heavy atom. The summed E-state index contributed by atoms with van der Waals surface area (Å²) in [6.07, 6.45) is 0. The number of fused-ring (bicyclic) bond motifs is 1. The van der Waals surface area contributed by atoms with Gasteiger partial charge in [-0.25, -0.2) is 4.98 Å². The molecule has 0 saturated heterocycles. The molecule has 3 heteroatoms. The van der Waals surface area contributed by atoms with Crippen LogP contribution in [0.15, 0.2) is 12.1 Å². The topological polar surface area (TPSA) is 37.0 Å². The summed E-state index contributed by atoms with van der Waals surface area (Å²) in [5, 5.41) is 6.85. The van der Waals surface area contributed by atoms with E-state index in [1.165, 1.54) is 0 Å². The first kappa shape index (κ1) is 9.31. The van der Waals surface area contributed by atoms with Gasteiger partial charge in [-0.2, -0.15) is 0 Å². The Hall–Kier alpha value is -1.25. The molecule has 2 unspecified atom stereocenters. The summed E-state index contributed by atoms with van der Waals surface area (Å²) in [5.41, 5.74) is 2.17. The van der Waals surface area contributed by atoms with E-state index in [9.17, 15) is 0 Å². The molecule has 0 aliphatic carbocycles. The van der Waals surface area contributed by atoms with Crippen molar-refractivity contribution in [3.8, 4) is 0 Å². The lowest BCUT2D eigenvalue weighted by atomic mass is 10.1.